The fraction of sp³-hybridized carbons (Fsp3) is 0.308. The van der Waals surface area contributed by atoms with Gasteiger partial charge in [0, 0.05) is 27.7 Å². The van der Waals surface area contributed by atoms with Gasteiger partial charge in [-0.1, -0.05) is 47.8 Å². The zero-order chi connectivity index (χ0) is 29.4. The molecule has 40 heavy (non-hydrogen) atoms. The van der Waals surface area contributed by atoms with Crippen LogP contribution in [0.25, 0.3) is 0 Å². The molecule has 2 aromatic rings. The molecule has 2 heterocycles. The maximum Gasteiger partial charge on any atom is 0.241 e. The first kappa shape index (κ1) is 30.5. The van der Waals surface area contributed by atoms with Gasteiger partial charge in [0.05, 0.1) is 14.2 Å². The van der Waals surface area contributed by atoms with Crippen molar-refractivity contribution in [2.45, 2.75) is 38.4 Å². The second-order valence-electron chi connectivity index (χ2n) is 8.39. The Morgan fingerprint density at radius 2 is 1.07 bits per heavy atom. The number of amides is 4. The lowest BCUT2D eigenvalue weighted by Gasteiger charge is -2.19. The minimum Gasteiger partial charge on any atom is -0.497 e. The average molecular weight is 587 g/mol. The normalized spacial score (nSPS) is 17.6. The highest BCUT2D eigenvalue weighted by atomic mass is 32.2. The molecule has 212 valence electrons. The molecule has 0 aromatic heterocycles. The second kappa shape index (κ2) is 13.8. The molecule has 0 unspecified atom stereocenters. The number of benzene rings is 2. The third kappa shape index (κ3) is 7.99. The van der Waals surface area contributed by atoms with Crippen LogP contribution in [0.15, 0.2) is 58.7 Å². The lowest BCUT2D eigenvalue weighted by atomic mass is 10.2. The van der Waals surface area contributed by atoms with E-state index in [9.17, 15) is 19.2 Å². The van der Waals surface area contributed by atoms with Crippen LogP contribution in [0.2, 0.25) is 0 Å². The van der Waals surface area contributed by atoms with Crippen LogP contribution in [-0.4, -0.2) is 58.2 Å². The first-order valence-corrected chi connectivity index (χ1v) is 13.7. The van der Waals surface area contributed by atoms with E-state index in [0.29, 0.717) is 21.8 Å². The van der Waals surface area contributed by atoms with Gasteiger partial charge < -0.3 is 20.1 Å². The van der Waals surface area contributed by atoms with Crippen molar-refractivity contribution >= 4 is 57.5 Å². The first-order chi connectivity index (χ1) is 19.0. The SMILES string of the molecule is COc1cccc([C@@H]2SC(NC(C)=O)=NN2C(C)=O)c1.COc1cccc([C@H]2SC(NC(C)=O)=NN2C(C)=O)c1. The Morgan fingerprint density at radius 3 is 1.38 bits per heavy atom. The number of carbonyl (C=O) groups excluding carboxylic acids is 4. The molecule has 0 saturated heterocycles. The van der Waals surface area contributed by atoms with E-state index in [0.717, 1.165) is 11.1 Å². The molecule has 2 atom stereocenters. The standard InChI is InChI=1S/2C13H15N3O3S/c2*1-8(17)14-13-15-16(9(2)18)12(20-13)10-5-4-6-11(7-10)19-3/h2*4-7,12H,1-3H3,(H,14,15,17)/t2*12-/m10/s1. The van der Waals surface area contributed by atoms with Crippen LogP contribution in [0.1, 0.15) is 49.6 Å². The van der Waals surface area contributed by atoms with Crippen LogP contribution in [-0.2, 0) is 19.2 Å². The highest BCUT2D eigenvalue weighted by molar-refractivity contribution is 8.14. The molecule has 2 N–H and O–H groups in total. The monoisotopic (exact) mass is 586 g/mol. The fourth-order valence-corrected chi connectivity index (χ4v) is 5.80. The van der Waals surface area contributed by atoms with Crippen molar-refractivity contribution in [1.82, 2.24) is 20.7 Å². The lowest BCUT2D eigenvalue weighted by molar-refractivity contribution is -0.130. The molecule has 0 bridgehead atoms. The van der Waals surface area contributed by atoms with Gasteiger partial charge in [-0.2, -0.15) is 0 Å². The van der Waals surface area contributed by atoms with Gasteiger partial charge in [0.15, 0.2) is 10.3 Å². The smallest absolute Gasteiger partial charge is 0.241 e. The molecule has 2 aromatic carbocycles. The first-order valence-electron chi connectivity index (χ1n) is 12.0. The molecule has 0 aliphatic carbocycles. The number of hydrogen-bond acceptors (Lipinski definition) is 10. The van der Waals surface area contributed by atoms with Crippen molar-refractivity contribution in [3.8, 4) is 11.5 Å². The Kier molecular flexibility index (Phi) is 10.6. The fourth-order valence-electron chi connectivity index (χ4n) is 3.55. The number of nitrogens with zero attached hydrogens (tertiary/aromatic N) is 4. The number of nitrogens with one attached hydrogen (secondary N) is 2. The summed E-state index contributed by atoms with van der Waals surface area (Å²) in [6, 6.07) is 14.8. The molecular weight excluding hydrogens is 556 g/mol. The summed E-state index contributed by atoms with van der Waals surface area (Å²) in [5.74, 6) is 0.604. The molecule has 0 fully saturated rings. The molecule has 4 rings (SSSR count). The summed E-state index contributed by atoms with van der Waals surface area (Å²) in [6.07, 6.45) is 0. The third-order valence-corrected chi connectivity index (χ3v) is 7.46. The van der Waals surface area contributed by atoms with Gasteiger partial charge in [-0.05, 0) is 35.4 Å². The zero-order valence-electron chi connectivity index (χ0n) is 22.8. The number of rotatable bonds is 4. The summed E-state index contributed by atoms with van der Waals surface area (Å²) in [5, 5.41) is 16.4. The number of amidine groups is 2. The van der Waals surface area contributed by atoms with E-state index in [1.165, 1.54) is 61.2 Å². The summed E-state index contributed by atoms with van der Waals surface area (Å²) in [5.41, 5.74) is 1.77. The largest absolute Gasteiger partial charge is 0.497 e. The van der Waals surface area contributed by atoms with Crippen molar-refractivity contribution < 1.29 is 28.7 Å². The predicted molar refractivity (Wildman–Crippen MR) is 154 cm³/mol. The Morgan fingerprint density at radius 1 is 0.700 bits per heavy atom. The van der Waals surface area contributed by atoms with Crippen molar-refractivity contribution in [2.75, 3.05) is 14.2 Å². The number of thioether (sulfide) groups is 2. The molecule has 0 spiro atoms. The Balaban J connectivity index is 0.000000220. The highest BCUT2D eigenvalue weighted by Gasteiger charge is 2.33. The van der Waals surface area contributed by atoms with E-state index in [1.54, 1.807) is 14.2 Å². The minimum absolute atomic E-state index is 0.189. The van der Waals surface area contributed by atoms with E-state index in [2.05, 4.69) is 20.8 Å². The molecule has 2 aliphatic rings. The van der Waals surface area contributed by atoms with Crippen LogP contribution < -0.4 is 20.1 Å². The maximum absolute atomic E-state index is 11.7. The zero-order valence-corrected chi connectivity index (χ0v) is 24.5. The van der Waals surface area contributed by atoms with Crippen LogP contribution in [0.5, 0.6) is 11.5 Å². The Bertz CT molecular complexity index is 1250. The highest BCUT2D eigenvalue weighted by Crippen LogP contribution is 2.40. The summed E-state index contributed by atoms with van der Waals surface area (Å²) in [6.45, 7) is 5.68. The summed E-state index contributed by atoms with van der Waals surface area (Å²) in [4.78, 5) is 45.5. The van der Waals surface area contributed by atoms with E-state index >= 15 is 0 Å². The molecule has 4 amide bonds. The summed E-state index contributed by atoms with van der Waals surface area (Å²) < 4.78 is 10.4. The van der Waals surface area contributed by atoms with Gasteiger partial charge in [0.1, 0.15) is 22.2 Å². The molecule has 0 saturated carbocycles. The van der Waals surface area contributed by atoms with Crippen molar-refractivity contribution in [3.05, 3.63) is 59.7 Å². The Hall–Kier alpha value is -4.04. The van der Waals surface area contributed by atoms with E-state index in [1.807, 2.05) is 48.5 Å². The predicted octanol–water partition coefficient (Wildman–Crippen LogP) is 3.39. The summed E-state index contributed by atoms with van der Waals surface area (Å²) in [7, 11) is 3.17. The second-order valence-corrected chi connectivity index (χ2v) is 10.5. The third-order valence-electron chi connectivity index (χ3n) is 5.26. The number of ether oxygens (including phenoxy) is 2. The number of carbonyl (C=O) groups is 4. The van der Waals surface area contributed by atoms with Gasteiger partial charge in [-0.25, -0.2) is 10.0 Å². The van der Waals surface area contributed by atoms with E-state index in [-0.39, 0.29) is 34.4 Å². The van der Waals surface area contributed by atoms with Gasteiger partial charge in [-0.15, -0.1) is 10.2 Å². The minimum atomic E-state index is -0.301. The van der Waals surface area contributed by atoms with Crippen molar-refractivity contribution in [1.29, 1.82) is 0 Å². The Labute approximate surface area is 240 Å². The van der Waals surface area contributed by atoms with E-state index in [4.69, 9.17) is 9.47 Å². The average Bonchev–Trinajstić information content (AvgIpc) is 3.53. The van der Waals surface area contributed by atoms with Crippen LogP contribution in [0, 0.1) is 0 Å². The molecular formula is C26H30N6O6S2. The molecule has 12 nitrogen and oxygen atoms in total. The topological polar surface area (TPSA) is 142 Å². The van der Waals surface area contributed by atoms with Crippen LogP contribution in [0.4, 0.5) is 0 Å². The number of hydrogen-bond donors (Lipinski definition) is 2. The summed E-state index contributed by atoms with van der Waals surface area (Å²) >= 11 is 2.63. The number of methoxy groups -OCH3 is 2. The van der Waals surface area contributed by atoms with Crippen LogP contribution >= 0.6 is 23.5 Å². The van der Waals surface area contributed by atoms with Crippen molar-refractivity contribution in [2.24, 2.45) is 10.2 Å². The van der Waals surface area contributed by atoms with E-state index < -0.39 is 0 Å². The van der Waals surface area contributed by atoms with Crippen molar-refractivity contribution in [3.63, 3.8) is 0 Å². The quantitative estimate of drug-likeness (QED) is 0.555. The van der Waals surface area contributed by atoms with Gasteiger partial charge in [-0.3, -0.25) is 19.2 Å². The number of hydrazone groups is 2. The molecule has 2 aliphatic heterocycles. The van der Waals surface area contributed by atoms with Gasteiger partial charge in [0.25, 0.3) is 0 Å². The van der Waals surface area contributed by atoms with Gasteiger partial charge >= 0.3 is 0 Å². The van der Waals surface area contributed by atoms with Gasteiger partial charge in [0.2, 0.25) is 23.6 Å². The maximum atomic E-state index is 11.7. The van der Waals surface area contributed by atoms with Crippen LogP contribution in [0.3, 0.4) is 0 Å². The molecule has 14 heteroatoms. The molecule has 0 radical (unpaired) electrons. The lowest BCUT2D eigenvalue weighted by Crippen LogP contribution is -2.25.